The van der Waals surface area contributed by atoms with Crippen LogP contribution in [-0.2, 0) is 0 Å². The van der Waals surface area contributed by atoms with Crippen LogP contribution in [0.5, 0.6) is 5.75 Å². The van der Waals surface area contributed by atoms with E-state index in [1.165, 1.54) is 19.3 Å². The lowest BCUT2D eigenvalue weighted by molar-refractivity contribution is 0.102. The molecule has 0 aliphatic carbocycles. The molecule has 3 aromatic rings. The molecule has 2 N–H and O–H groups in total. The average molecular weight is 419 g/mol. The molecule has 0 unspecified atom stereocenters. The second-order valence-electron chi connectivity index (χ2n) is 7.57. The molecule has 6 nitrogen and oxygen atoms in total. The van der Waals surface area contributed by atoms with Crippen molar-refractivity contribution in [2.45, 2.75) is 46.5 Å². The van der Waals surface area contributed by atoms with Crippen LogP contribution in [0.4, 0.5) is 17.3 Å². The first kappa shape index (κ1) is 22.3. The Hall–Kier alpha value is -3.41. The second-order valence-corrected chi connectivity index (χ2v) is 7.57. The number of amides is 1. The summed E-state index contributed by atoms with van der Waals surface area (Å²) in [6.45, 7) is 6.76. The Kier molecular flexibility index (Phi) is 7.98. The molecule has 3 rings (SSSR count). The first-order chi connectivity index (χ1) is 15.0. The van der Waals surface area contributed by atoms with Crippen LogP contribution in [0.3, 0.4) is 0 Å². The van der Waals surface area contributed by atoms with Crippen LogP contribution in [0.1, 0.15) is 54.4 Å². The fourth-order valence-electron chi connectivity index (χ4n) is 3.21. The number of carbonyl (C=O) groups is 1. The number of hydrogen-bond acceptors (Lipinski definition) is 5. The molecule has 0 spiro atoms. The predicted molar refractivity (Wildman–Crippen MR) is 125 cm³/mol. The van der Waals surface area contributed by atoms with E-state index in [0.717, 1.165) is 41.5 Å². The molecular weight excluding hydrogens is 388 g/mol. The summed E-state index contributed by atoms with van der Waals surface area (Å²) < 4.78 is 5.75. The highest BCUT2D eigenvalue weighted by molar-refractivity contribution is 6.04. The normalized spacial score (nSPS) is 10.5. The summed E-state index contributed by atoms with van der Waals surface area (Å²) in [4.78, 5) is 21.4. The van der Waals surface area contributed by atoms with Gasteiger partial charge in [-0.3, -0.25) is 4.79 Å². The van der Waals surface area contributed by atoms with Gasteiger partial charge in [-0.05, 0) is 68.8 Å². The van der Waals surface area contributed by atoms with Gasteiger partial charge in [-0.1, -0.05) is 32.3 Å². The highest BCUT2D eigenvalue weighted by Gasteiger charge is 2.08. The van der Waals surface area contributed by atoms with E-state index < -0.39 is 0 Å². The maximum absolute atomic E-state index is 12.7. The van der Waals surface area contributed by atoms with Crippen LogP contribution in [-0.4, -0.2) is 22.5 Å². The van der Waals surface area contributed by atoms with Gasteiger partial charge in [-0.15, -0.1) is 0 Å². The van der Waals surface area contributed by atoms with Gasteiger partial charge in [0, 0.05) is 28.3 Å². The molecule has 0 radical (unpaired) electrons. The van der Waals surface area contributed by atoms with Crippen molar-refractivity contribution in [1.29, 1.82) is 0 Å². The standard InChI is InChI=1S/C25H30N4O2/c1-4-5-6-7-15-31-23-13-11-21(12-14-23)28-24(30)20-9-8-10-22(17-20)29-25-26-18(2)16-19(3)27-25/h8-14,16-17H,4-7,15H2,1-3H3,(H,28,30)(H,26,27,29). The van der Waals surface area contributed by atoms with Crippen LogP contribution >= 0.6 is 0 Å². The van der Waals surface area contributed by atoms with Crippen molar-refractivity contribution < 1.29 is 9.53 Å². The van der Waals surface area contributed by atoms with Crippen molar-refractivity contribution >= 4 is 23.2 Å². The number of nitrogens with one attached hydrogen (secondary N) is 2. The van der Waals surface area contributed by atoms with Gasteiger partial charge in [-0.25, -0.2) is 9.97 Å². The number of aromatic nitrogens is 2. The molecule has 1 amide bonds. The molecule has 0 aliphatic heterocycles. The second kappa shape index (κ2) is 11.1. The SMILES string of the molecule is CCCCCCOc1ccc(NC(=O)c2cccc(Nc3nc(C)cc(C)n3)c2)cc1. The van der Waals surface area contributed by atoms with E-state index in [4.69, 9.17) is 4.74 Å². The van der Waals surface area contributed by atoms with Crippen molar-refractivity contribution in [3.05, 3.63) is 71.5 Å². The number of nitrogens with zero attached hydrogens (tertiary/aromatic N) is 2. The topological polar surface area (TPSA) is 76.1 Å². The van der Waals surface area contributed by atoms with E-state index in [2.05, 4.69) is 27.5 Å². The quantitative estimate of drug-likeness (QED) is 0.392. The van der Waals surface area contributed by atoms with Crippen molar-refractivity contribution in [3.63, 3.8) is 0 Å². The lowest BCUT2D eigenvalue weighted by Gasteiger charge is -2.10. The van der Waals surface area contributed by atoms with E-state index in [1.807, 2.05) is 56.3 Å². The number of hydrogen-bond donors (Lipinski definition) is 2. The van der Waals surface area contributed by atoms with Crippen molar-refractivity contribution in [2.75, 3.05) is 17.2 Å². The van der Waals surface area contributed by atoms with Crippen molar-refractivity contribution in [1.82, 2.24) is 9.97 Å². The third kappa shape index (κ3) is 7.10. The molecule has 0 atom stereocenters. The molecule has 0 aliphatic rings. The Morgan fingerprint density at radius 3 is 2.35 bits per heavy atom. The summed E-state index contributed by atoms with van der Waals surface area (Å²) >= 11 is 0. The zero-order chi connectivity index (χ0) is 22.1. The maximum atomic E-state index is 12.7. The fraction of sp³-hybridized carbons (Fsp3) is 0.320. The van der Waals surface area contributed by atoms with Gasteiger partial charge in [0.25, 0.3) is 5.91 Å². The Morgan fingerprint density at radius 1 is 0.903 bits per heavy atom. The fourth-order valence-corrected chi connectivity index (χ4v) is 3.21. The van der Waals surface area contributed by atoms with Crippen LogP contribution in [0.2, 0.25) is 0 Å². The van der Waals surface area contributed by atoms with E-state index in [1.54, 1.807) is 12.1 Å². The Morgan fingerprint density at radius 2 is 1.65 bits per heavy atom. The third-order valence-electron chi connectivity index (χ3n) is 4.74. The number of aryl methyl sites for hydroxylation is 2. The third-order valence-corrected chi connectivity index (χ3v) is 4.74. The lowest BCUT2D eigenvalue weighted by atomic mass is 10.2. The van der Waals surface area contributed by atoms with Gasteiger partial charge in [0.15, 0.2) is 0 Å². The van der Waals surface area contributed by atoms with Gasteiger partial charge in [0.2, 0.25) is 5.95 Å². The minimum atomic E-state index is -0.182. The minimum Gasteiger partial charge on any atom is -0.494 e. The maximum Gasteiger partial charge on any atom is 0.255 e. The summed E-state index contributed by atoms with van der Waals surface area (Å²) in [5, 5.41) is 6.09. The molecule has 2 aromatic carbocycles. The Labute approximate surface area is 184 Å². The zero-order valence-corrected chi connectivity index (χ0v) is 18.4. The number of benzene rings is 2. The highest BCUT2D eigenvalue weighted by atomic mass is 16.5. The lowest BCUT2D eigenvalue weighted by Crippen LogP contribution is -2.12. The van der Waals surface area contributed by atoms with Gasteiger partial charge >= 0.3 is 0 Å². The summed E-state index contributed by atoms with van der Waals surface area (Å²) in [5.74, 6) is 1.15. The van der Waals surface area contributed by atoms with Gasteiger partial charge in [0.1, 0.15) is 5.75 Å². The van der Waals surface area contributed by atoms with E-state index in [-0.39, 0.29) is 5.91 Å². The molecule has 31 heavy (non-hydrogen) atoms. The van der Waals surface area contributed by atoms with Crippen LogP contribution < -0.4 is 15.4 Å². The number of anilines is 3. The predicted octanol–water partition coefficient (Wildman–Crippen LogP) is 6.05. The minimum absolute atomic E-state index is 0.182. The van der Waals surface area contributed by atoms with E-state index in [9.17, 15) is 4.79 Å². The zero-order valence-electron chi connectivity index (χ0n) is 18.4. The van der Waals surface area contributed by atoms with Gasteiger partial charge in [0.05, 0.1) is 6.61 Å². The smallest absolute Gasteiger partial charge is 0.255 e. The summed E-state index contributed by atoms with van der Waals surface area (Å²) in [6.07, 6.45) is 4.70. The van der Waals surface area contributed by atoms with E-state index in [0.29, 0.717) is 11.5 Å². The van der Waals surface area contributed by atoms with Crippen LogP contribution in [0.15, 0.2) is 54.6 Å². The van der Waals surface area contributed by atoms with E-state index >= 15 is 0 Å². The Balaban J connectivity index is 1.57. The average Bonchev–Trinajstić information content (AvgIpc) is 2.74. The van der Waals surface area contributed by atoms with Crippen molar-refractivity contribution in [2.24, 2.45) is 0 Å². The first-order valence-electron chi connectivity index (χ1n) is 10.8. The van der Waals surface area contributed by atoms with Gasteiger partial charge in [-0.2, -0.15) is 0 Å². The molecule has 1 heterocycles. The molecule has 162 valence electrons. The van der Waals surface area contributed by atoms with Crippen LogP contribution in [0.25, 0.3) is 0 Å². The molecule has 1 aromatic heterocycles. The number of unbranched alkanes of at least 4 members (excludes halogenated alkanes) is 3. The molecule has 0 bridgehead atoms. The molecule has 0 saturated carbocycles. The van der Waals surface area contributed by atoms with Gasteiger partial charge < -0.3 is 15.4 Å². The number of rotatable bonds is 10. The molecular formula is C25H30N4O2. The summed E-state index contributed by atoms with van der Waals surface area (Å²) in [5.41, 5.74) is 3.80. The van der Waals surface area contributed by atoms with Crippen LogP contribution in [0, 0.1) is 13.8 Å². The molecule has 6 heteroatoms. The van der Waals surface area contributed by atoms with Crippen molar-refractivity contribution in [3.8, 4) is 5.75 Å². The Bertz CT molecular complexity index is 982. The monoisotopic (exact) mass is 418 g/mol. The number of ether oxygens (including phenoxy) is 1. The first-order valence-corrected chi connectivity index (χ1v) is 10.8. The number of carbonyl (C=O) groups excluding carboxylic acids is 1. The summed E-state index contributed by atoms with van der Waals surface area (Å²) in [6, 6.07) is 16.6. The molecule has 0 fully saturated rings. The molecule has 0 saturated heterocycles. The largest absolute Gasteiger partial charge is 0.494 e. The summed E-state index contributed by atoms with van der Waals surface area (Å²) in [7, 11) is 0. The highest BCUT2D eigenvalue weighted by Crippen LogP contribution is 2.19.